The number of carboxylic acid groups (broad SMARTS) is 1. The van der Waals surface area contributed by atoms with Gasteiger partial charge >= 0.3 is 5.97 Å². The average molecular weight is 236 g/mol. The van der Waals surface area contributed by atoms with E-state index in [-0.39, 0.29) is 0 Å². The smallest absolute Gasteiger partial charge is 0.320 e. The molecular formula is C13H20N2O2. The fourth-order valence-corrected chi connectivity index (χ4v) is 1.64. The third-order valence-corrected chi connectivity index (χ3v) is 2.64. The number of benzene rings is 1. The monoisotopic (exact) mass is 236 g/mol. The predicted octanol–water partition coefficient (Wildman–Crippen LogP) is 1.36. The summed E-state index contributed by atoms with van der Waals surface area (Å²) in [5.74, 6) is -0.794. The maximum absolute atomic E-state index is 11.0. The Bertz CT molecular complexity index is 327. The van der Waals surface area contributed by atoms with Gasteiger partial charge in [-0.1, -0.05) is 36.8 Å². The number of nitrogens with one attached hydrogen (secondary N) is 1. The predicted molar refractivity (Wildman–Crippen MR) is 67.6 cm³/mol. The molecule has 0 heterocycles. The number of unbranched alkanes of at least 4 members (excludes halogenated alkanes) is 1. The highest BCUT2D eigenvalue weighted by Gasteiger charge is 2.15. The first kappa shape index (κ1) is 13.7. The summed E-state index contributed by atoms with van der Waals surface area (Å²) in [5.41, 5.74) is 6.48. The summed E-state index contributed by atoms with van der Waals surface area (Å²) in [5, 5.41) is 12.1. The molecule has 0 aliphatic rings. The lowest BCUT2D eigenvalue weighted by Gasteiger charge is -2.14. The molecule has 0 radical (unpaired) electrons. The van der Waals surface area contributed by atoms with Crippen molar-refractivity contribution in [3.8, 4) is 0 Å². The molecule has 0 bridgehead atoms. The van der Waals surface area contributed by atoms with E-state index in [1.54, 1.807) is 0 Å². The van der Waals surface area contributed by atoms with Crippen LogP contribution in [0.25, 0.3) is 0 Å². The van der Waals surface area contributed by atoms with Crippen LogP contribution in [0.3, 0.4) is 0 Å². The van der Waals surface area contributed by atoms with Gasteiger partial charge in [-0.3, -0.25) is 4.79 Å². The topological polar surface area (TPSA) is 75.3 Å². The van der Waals surface area contributed by atoms with Gasteiger partial charge in [-0.15, -0.1) is 0 Å². The highest BCUT2D eigenvalue weighted by molar-refractivity contribution is 5.73. The minimum Gasteiger partial charge on any atom is -0.480 e. The Morgan fingerprint density at radius 2 is 2.00 bits per heavy atom. The molecule has 1 aromatic carbocycles. The van der Waals surface area contributed by atoms with E-state index in [9.17, 15) is 4.79 Å². The lowest BCUT2D eigenvalue weighted by molar-refractivity contribution is -0.139. The molecule has 4 heteroatoms. The van der Waals surface area contributed by atoms with Gasteiger partial charge in [0, 0.05) is 6.54 Å². The Morgan fingerprint density at radius 1 is 1.29 bits per heavy atom. The van der Waals surface area contributed by atoms with Crippen molar-refractivity contribution in [2.24, 2.45) is 5.73 Å². The van der Waals surface area contributed by atoms with Crippen molar-refractivity contribution in [1.29, 1.82) is 0 Å². The number of aliphatic carboxylic acids is 1. The molecule has 0 saturated heterocycles. The molecule has 4 N–H and O–H groups in total. The molecule has 0 fully saturated rings. The molecule has 0 aromatic heterocycles. The number of nitrogens with two attached hydrogens (primary N) is 1. The third-order valence-electron chi connectivity index (χ3n) is 2.64. The quantitative estimate of drug-likeness (QED) is 0.596. The summed E-state index contributed by atoms with van der Waals surface area (Å²) < 4.78 is 0. The van der Waals surface area contributed by atoms with Crippen molar-refractivity contribution in [2.45, 2.75) is 31.8 Å². The minimum atomic E-state index is -0.794. The van der Waals surface area contributed by atoms with E-state index < -0.39 is 12.0 Å². The molecule has 4 nitrogen and oxygen atoms in total. The van der Waals surface area contributed by atoms with Gasteiger partial charge in [0.05, 0.1) is 0 Å². The van der Waals surface area contributed by atoms with Crippen LogP contribution < -0.4 is 11.1 Å². The first-order valence-electron chi connectivity index (χ1n) is 5.94. The van der Waals surface area contributed by atoms with E-state index in [1.165, 1.54) is 0 Å². The van der Waals surface area contributed by atoms with E-state index in [1.807, 2.05) is 30.3 Å². The molecular weight excluding hydrogens is 216 g/mol. The lowest BCUT2D eigenvalue weighted by atomic mass is 10.1. The van der Waals surface area contributed by atoms with Crippen molar-refractivity contribution in [1.82, 2.24) is 5.32 Å². The standard InChI is InChI=1S/C13H20N2O2/c14-9-5-4-8-12(13(16)17)15-10-11-6-2-1-3-7-11/h1-3,6-7,12,15H,4-5,8-10,14H2,(H,16,17)/t12-/m0/s1. The summed E-state index contributed by atoms with van der Waals surface area (Å²) in [6.07, 6.45) is 2.34. The van der Waals surface area contributed by atoms with E-state index in [0.717, 1.165) is 18.4 Å². The van der Waals surface area contributed by atoms with Gasteiger partial charge in [-0.2, -0.15) is 0 Å². The number of rotatable bonds is 8. The Kier molecular flexibility index (Phi) is 6.29. The van der Waals surface area contributed by atoms with Gasteiger partial charge in [-0.05, 0) is 24.9 Å². The van der Waals surface area contributed by atoms with Gasteiger partial charge in [-0.25, -0.2) is 0 Å². The highest BCUT2D eigenvalue weighted by Crippen LogP contribution is 2.03. The zero-order chi connectivity index (χ0) is 12.5. The first-order valence-corrected chi connectivity index (χ1v) is 5.94. The van der Waals surface area contributed by atoms with Crippen LogP contribution in [0.4, 0.5) is 0 Å². The Labute approximate surface area is 102 Å². The second-order valence-corrected chi connectivity index (χ2v) is 4.04. The summed E-state index contributed by atoms with van der Waals surface area (Å²) in [6.45, 7) is 1.20. The van der Waals surface area contributed by atoms with Gasteiger partial charge < -0.3 is 16.2 Å². The largest absolute Gasteiger partial charge is 0.480 e. The van der Waals surface area contributed by atoms with Crippen molar-refractivity contribution in [2.75, 3.05) is 6.54 Å². The SMILES string of the molecule is NCCCC[C@H](NCc1ccccc1)C(=O)O. The molecule has 0 aliphatic carbocycles. The molecule has 0 amide bonds. The van der Waals surface area contributed by atoms with Crippen LogP contribution in [-0.2, 0) is 11.3 Å². The molecule has 94 valence electrons. The maximum Gasteiger partial charge on any atom is 0.320 e. The van der Waals surface area contributed by atoms with E-state index in [4.69, 9.17) is 10.8 Å². The Hall–Kier alpha value is -1.39. The molecule has 0 unspecified atom stereocenters. The molecule has 0 aliphatic heterocycles. The summed E-state index contributed by atoms with van der Waals surface area (Å²) in [7, 11) is 0. The summed E-state index contributed by atoms with van der Waals surface area (Å²) in [6, 6.07) is 9.31. The minimum absolute atomic E-state index is 0.484. The molecule has 0 saturated carbocycles. The zero-order valence-electron chi connectivity index (χ0n) is 9.93. The number of hydrogen-bond donors (Lipinski definition) is 3. The normalized spacial score (nSPS) is 12.3. The lowest BCUT2D eigenvalue weighted by Crippen LogP contribution is -2.36. The average Bonchev–Trinajstić information content (AvgIpc) is 2.34. The van der Waals surface area contributed by atoms with Crippen LogP contribution in [0.1, 0.15) is 24.8 Å². The van der Waals surface area contributed by atoms with Crippen LogP contribution in [0.15, 0.2) is 30.3 Å². The fraction of sp³-hybridized carbons (Fsp3) is 0.462. The second-order valence-electron chi connectivity index (χ2n) is 4.04. The zero-order valence-corrected chi connectivity index (χ0v) is 9.93. The fourth-order valence-electron chi connectivity index (χ4n) is 1.64. The molecule has 17 heavy (non-hydrogen) atoms. The Balaban J connectivity index is 2.36. The van der Waals surface area contributed by atoms with Crippen molar-refractivity contribution < 1.29 is 9.90 Å². The number of hydrogen-bond acceptors (Lipinski definition) is 3. The van der Waals surface area contributed by atoms with Crippen LogP contribution in [0, 0.1) is 0 Å². The van der Waals surface area contributed by atoms with Gasteiger partial charge in [0.25, 0.3) is 0 Å². The molecule has 0 spiro atoms. The number of carboxylic acids is 1. The first-order chi connectivity index (χ1) is 8.24. The van der Waals surface area contributed by atoms with Crippen molar-refractivity contribution >= 4 is 5.97 Å². The summed E-state index contributed by atoms with van der Waals surface area (Å²) >= 11 is 0. The van der Waals surface area contributed by atoms with Crippen LogP contribution >= 0.6 is 0 Å². The molecule has 1 atom stereocenters. The Morgan fingerprint density at radius 3 is 2.59 bits per heavy atom. The van der Waals surface area contributed by atoms with Gasteiger partial charge in [0.2, 0.25) is 0 Å². The third kappa shape index (κ3) is 5.47. The highest BCUT2D eigenvalue weighted by atomic mass is 16.4. The maximum atomic E-state index is 11.0. The van der Waals surface area contributed by atoms with Crippen LogP contribution in [0.2, 0.25) is 0 Å². The van der Waals surface area contributed by atoms with Gasteiger partial charge in [0.15, 0.2) is 0 Å². The summed E-state index contributed by atoms with van der Waals surface area (Å²) in [4.78, 5) is 11.0. The van der Waals surface area contributed by atoms with E-state index >= 15 is 0 Å². The molecule has 1 aromatic rings. The number of carbonyl (C=O) groups is 1. The van der Waals surface area contributed by atoms with Crippen molar-refractivity contribution in [3.63, 3.8) is 0 Å². The van der Waals surface area contributed by atoms with Gasteiger partial charge in [0.1, 0.15) is 6.04 Å². The van der Waals surface area contributed by atoms with E-state index in [0.29, 0.717) is 19.5 Å². The van der Waals surface area contributed by atoms with E-state index in [2.05, 4.69) is 5.32 Å². The second kappa shape index (κ2) is 7.81. The van der Waals surface area contributed by atoms with Crippen molar-refractivity contribution in [3.05, 3.63) is 35.9 Å². The van der Waals surface area contributed by atoms with Crippen LogP contribution in [-0.4, -0.2) is 23.7 Å². The van der Waals surface area contributed by atoms with Crippen LogP contribution in [0.5, 0.6) is 0 Å². The molecule has 1 rings (SSSR count).